The van der Waals surface area contributed by atoms with Gasteiger partial charge in [0.15, 0.2) is 0 Å². The van der Waals surface area contributed by atoms with Crippen LogP contribution in [0.4, 0.5) is 10.6 Å². The van der Waals surface area contributed by atoms with Gasteiger partial charge < -0.3 is 9.84 Å². The minimum absolute atomic E-state index is 0.00535. The lowest BCUT2D eigenvalue weighted by atomic mass is 9.90. The fraction of sp³-hybridized carbons (Fsp3) is 0.333. The number of amides is 2. The average molecular weight is 463 g/mol. The summed E-state index contributed by atoms with van der Waals surface area (Å²) < 4.78 is 7.64. The van der Waals surface area contributed by atoms with E-state index in [0.717, 1.165) is 5.56 Å². The second kappa shape index (κ2) is 9.46. The van der Waals surface area contributed by atoms with Gasteiger partial charge in [-0.25, -0.2) is 14.6 Å². The van der Waals surface area contributed by atoms with Crippen LogP contribution in [0.1, 0.15) is 26.0 Å². The minimum atomic E-state index is -0.412. The Hall–Kier alpha value is -4.01. The highest BCUT2D eigenvalue weighted by molar-refractivity contribution is 5.91. The predicted octanol–water partition coefficient (Wildman–Crippen LogP) is 3.41. The van der Waals surface area contributed by atoms with Gasteiger partial charge in [-0.1, -0.05) is 13.8 Å². The maximum absolute atomic E-state index is 12.7. The van der Waals surface area contributed by atoms with Crippen molar-refractivity contribution in [3.8, 4) is 22.8 Å². The fourth-order valence-electron chi connectivity index (χ4n) is 3.77. The molecule has 0 radical (unpaired) electrons. The lowest BCUT2D eigenvalue weighted by Gasteiger charge is -2.21. The van der Waals surface area contributed by atoms with Gasteiger partial charge in [-0.2, -0.15) is 5.10 Å². The number of hydrogen-bond donors (Lipinski definition) is 2. The van der Waals surface area contributed by atoms with Crippen LogP contribution in [-0.4, -0.2) is 54.9 Å². The maximum Gasteiger partial charge on any atom is 0.327 e. The molecule has 2 amide bonds. The van der Waals surface area contributed by atoms with Crippen molar-refractivity contribution in [2.45, 2.75) is 33.7 Å². The van der Waals surface area contributed by atoms with Gasteiger partial charge in [0.2, 0.25) is 0 Å². The Morgan fingerprint density at radius 1 is 1.32 bits per heavy atom. The van der Waals surface area contributed by atoms with Crippen molar-refractivity contribution in [3.05, 3.63) is 54.2 Å². The van der Waals surface area contributed by atoms with Gasteiger partial charge in [0.25, 0.3) is 0 Å². The molecular weight excluding hydrogens is 436 g/mol. The standard InChI is InChI=1S/C24H26N6O4/c1-16-20(34-18-6-8-25-19(12-18)17-13-26-29(14-17)10-11-31)4-5-22(27-16)28-23(33)30-9-7-24(2,3)21(30)15-32/h4-6,8,12-14,31H,7,9-11H2,1-3H3,(H,27,28,33). The summed E-state index contributed by atoms with van der Waals surface area (Å²) in [5.41, 5.74) is 2.03. The van der Waals surface area contributed by atoms with Crippen LogP contribution >= 0.6 is 0 Å². The molecule has 10 nitrogen and oxygen atoms in total. The van der Waals surface area contributed by atoms with Crippen molar-refractivity contribution in [1.82, 2.24) is 24.6 Å². The molecule has 0 saturated carbocycles. The van der Waals surface area contributed by atoms with Crippen molar-refractivity contribution < 1.29 is 19.4 Å². The monoisotopic (exact) mass is 462 g/mol. The average Bonchev–Trinajstić information content (AvgIpc) is 3.39. The summed E-state index contributed by atoms with van der Waals surface area (Å²) in [5.74, 6) is 3.37. The third kappa shape index (κ3) is 4.83. The van der Waals surface area contributed by atoms with Crippen molar-refractivity contribution in [1.29, 1.82) is 0 Å². The first-order valence-electron chi connectivity index (χ1n) is 10.9. The topological polar surface area (TPSA) is 122 Å². The van der Waals surface area contributed by atoms with Crippen molar-refractivity contribution in [2.75, 3.05) is 18.5 Å². The number of nitrogens with one attached hydrogen (secondary N) is 1. The van der Waals surface area contributed by atoms with Crippen LogP contribution in [0.2, 0.25) is 0 Å². The molecule has 2 N–H and O–H groups in total. The highest BCUT2D eigenvalue weighted by Crippen LogP contribution is 2.38. The molecular formula is C24H26N6O4. The van der Waals surface area contributed by atoms with Gasteiger partial charge in [-0.05, 0) is 31.5 Å². The lowest BCUT2D eigenvalue weighted by Crippen LogP contribution is -2.33. The molecule has 10 heteroatoms. The van der Waals surface area contributed by atoms with Crippen LogP contribution in [0.25, 0.3) is 11.3 Å². The second-order valence-corrected chi connectivity index (χ2v) is 8.64. The van der Waals surface area contributed by atoms with Gasteiger partial charge in [0.1, 0.15) is 29.0 Å². The molecule has 0 unspecified atom stereocenters. The summed E-state index contributed by atoms with van der Waals surface area (Å²) >= 11 is 0. The predicted molar refractivity (Wildman–Crippen MR) is 125 cm³/mol. The molecule has 4 rings (SSSR count). The number of anilines is 1. The van der Waals surface area contributed by atoms with Crippen LogP contribution < -0.4 is 10.1 Å². The lowest BCUT2D eigenvalue weighted by molar-refractivity contribution is 0.228. The SMILES string of the molecule is Cc1nc(NC(=O)N2CCC(C)(C)C2=C=O)ccc1Oc1ccnc(-c2cnn(CCO)c2)c1. The van der Waals surface area contributed by atoms with Crippen LogP contribution in [0.15, 0.2) is 48.6 Å². The number of pyridine rings is 2. The Labute approximate surface area is 196 Å². The summed E-state index contributed by atoms with van der Waals surface area (Å²) in [6.07, 6.45) is 5.82. The van der Waals surface area contributed by atoms with E-state index in [9.17, 15) is 9.59 Å². The first kappa shape index (κ1) is 23.2. The number of aliphatic hydroxyl groups is 1. The number of carbonyl (C=O) groups is 1. The number of rotatable bonds is 6. The number of nitrogens with zero attached hydrogens (tertiary/aromatic N) is 5. The van der Waals surface area contributed by atoms with Crippen LogP contribution in [0.3, 0.4) is 0 Å². The third-order valence-electron chi connectivity index (χ3n) is 5.70. The van der Waals surface area contributed by atoms with E-state index in [1.807, 2.05) is 19.8 Å². The first-order valence-corrected chi connectivity index (χ1v) is 10.9. The van der Waals surface area contributed by atoms with Crippen molar-refractivity contribution in [2.24, 2.45) is 5.41 Å². The number of aryl methyl sites for hydroxylation is 1. The third-order valence-corrected chi connectivity index (χ3v) is 5.70. The molecule has 176 valence electrons. The number of carbonyl (C=O) groups excluding carboxylic acids is 2. The van der Waals surface area contributed by atoms with Crippen molar-refractivity contribution >= 4 is 17.8 Å². The minimum Gasteiger partial charge on any atom is -0.455 e. The zero-order chi connectivity index (χ0) is 24.3. The van der Waals surface area contributed by atoms with E-state index in [1.54, 1.807) is 54.5 Å². The molecule has 0 aliphatic carbocycles. The van der Waals surface area contributed by atoms with Gasteiger partial charge in [-0.3, -0.25) is 19.9 Å². The van der Waals surface area contributed by atoms with Gasteiger partial charge in [0.05, 0.1) is 30.7 Å². The largest absolute Gasteiger partial charge is 0.455 e. The molecule has 0 atom stereocenters. The van der Waals surface area contributed by atoms with E-state index in [-0.39, 0.29) is 12.0 Å². The molecule has 34 heavy (non-hydrogen) atoms. The molecule has 0 spiro atoms. The second-order valence-electron chi connectivity index (χ2n) is 8.64. The van der Waals surface area contributed by atoms with E-state index in [4.69, 9.17) is 9.84 Å². The van der Waals surface area contributed by atoms with Crippen LogP contribution in [0, 0.1) is 12.3 Å². The summed E-state index contributed by atoms with van der Waals surface area (Å²) in [7, 11) is 0. The highest BCUT2D eigenvalue weighted by atomic mass is 16.5. The molecule has 3 aromatic heterocycles. The zero-order valence-corrected chi connectivity index (χ0v) is 19.3. The summed E-state index contributed by atoms with van der Waals surface area (Å²) in [6, 6.07) is 6.48. The number of ether oxygens (including phenoxy) is 1. The first-order chi connectivity index (χ1) is 16.3. The normalized spacial score (nSPS) is 14.7. The molecule has 4 heterocycles. The van der Waals surface area contributed by atoms with Gasteiger partial charge in [0, 0.05) is 36.0 Å². The molecule has 1 aliphatic rings. The summed E-state index contributed by atoms with van der Waals surface area (Å²) in [4.78, 5) is 34.3. The number of likely N-dealkylation sites (tertiary alicyclic amines) is 1. The summed E-state index contributed by atoms with van der Waals surface area (Å²) in [6.45, 7) is 6.48. The van der Waals surface area contributed by atoms with E-state index in [1.165, 1.54) is 4.90 Å². The zero-order valence-electron chi connectivity index (χ0n) is 19.3. The van der Waals surface area contributed by atoms with E-state index < -0.39 is 6.03 Å². The number of urea groups is 1. The molecule has 1 aliphatic heterocycles. The number of allylic oxidation sites excluding steroid dienone is 1. The molecule has 1 fully saturated rings. The Balaban J connectivity index is 1.46. The van der Waals surface area contributed by atoms with Crippen molar-refractivity contribution in [3.63, 3.8) is 0 Å². The van der Waals surface area contributed by atoms with E-state index in [2.05, 4.69) is 20.4 Å². The van der Waals surface area contributed by atoms with Gasteiger partial charge >= 0.3 is 6.03 Å². The number of aliphatic hydroxyl groups excluding tert-OH is 1. The highest BCUT2D eigenvalue weighted by Gasteiger charge is 2.39. The fourth-order valence-corrected chi connectivity index (χ4v) is 3.77. The van der Waals surface area contributed by atoms with E-state index >= 15 is 0 Å². The Morgan fingerprint density at radius 2 is 2.15 bits per heavy atom. The maximum atomic E-state index is 12.7. The Morgan fingerprint density at radius 3 is 2.88 bits per heavy atom. The summed E-state index contributed by atoms with van der Waals surface area (Å²) in [5, 5.41) is 16.0. The smallest absolute Gasteiger partial charge is 0.327 e. The Kier molecular flexibility index (Phi) is 6.45. The van der Waals surface area contributed by atoms with Crippen LogP contribution in [0.5, 0.6) is 11.5 Å². The van der Waals surface area contributed by atoms with Gasteiger partial charge in [-0.15, -0.1) is 0 Å². The molecule has 0 aromatic carbocycles. The number of hydrogen-bond acceptors (Lipinski definition) is 7. The quantitative estimate of drug-likeness (QED) is 0.538. The molecule has 1 saturated heterocycles. The van der Waals surface area contributed by atoms with E-state index in [0.29, 0.717) is 53.9 Å². The molecule has 0 bridgehead atoms. The molecule has 3 aromatic rings. The Bertz CT molecular complexity index is 1260. The number of aromatic nitrogens is 4. The van der Waals surface area contributed by atoms with Crippen LogP contribution in [-0.2, 0) is 11.3 Å².